The number of nitrogens with zero attached hydrogens (tertiary/aromatic N) is 2. The van der Waals surface area contributed by atoms with Crippen molar-refractivity contribution >= 4 is 17.5 Å². The topological polar surface area (TPSA) is 66.9 Å². The largest absolute Gasteiger partial charge is 0.350 e. The Kier molecular flexibility index (Phi) is 5.65. The summed E-state index contributed by atoms with van der Waals surface area (Å²) in [4.78, 5) is 20.0. The molecule has 0 aliphatic carbocycles. The van der Waals surface area contributed by atoms with Crippen LogP contribution in [-0.4, -0.2) is 22.4 Å². The zero-order valence-electron chi connectivity index (χ0n) is 14.0. The molecule has 138 valence electrons. The molecule has 3 rings (SSSR count). The van der Waals surface area contributed by atoms with Crippen molar-refractivity contribution in [2.24, 2.45) is 0 Å². The number of para-hydroxylation sites is 1. The van der Waals surface area contributed by atoms with Gasteiger partial charge in [-0.05, 0) is 36.2 Å². The minimum absolute atomic E-state index is 0.0118. The number of hydrogen-bond acceptors (Lipinski definition) is 4. The minimum Gasteiger partial charge on any atom is -0.350 e. The van der Waals surface area contributed by atoms with Crippen LogP contribution in [0.5, 0.6) is 0 Å². The van der Waals surface area contributed by atoms with E-state index in [1.807, 2.05) is 0 Å². The van der Waals surface area contributed by atoms with E-state index in [1.165, 1.54) is 24.4 Å². The van der Waals surface area contributed by atoms with E-state index < -0.39 is 23.2 Å². The van der Waals surface area contributed by atoms with E-state index in [0.717, 1.165) is 12.1 Å². The Hall–Kier alpha value is -3.42. The Morgan fingerprint density at radius 1 is 0.926 bits per heavy atom. The molecule has 0 aliphatic heterocycles. The average molecular weight is 372 g/mol. The van der Waals surface area contributed by atoms with Gasteiger partial charge in [0.25, 0.3) is 5.91 Å². The highest BCUT2D eigenvalue weighted by Gasteiger charge is 2.12. The smallest absolute Gasteiger partial charge is 0.270 e. The third-order valence-corrected chi connectivity index (χ3v) is 3.73. The van der Waals surface area contributed by atoms with Crippen LogP contribution in [0.2, 0.25) is 0 Å². The number of hydrogen-bond donors (Lipinski definition) is 2. The molecule has 2 N–H and O–H groups in total. The molecule has 1 aromatic heterocycles. The van der Waals surface area contributed by atoms with Crippen LogP contribution in [0.25, 0.3) is 0 Å². The summed E-state index contributed by atoms with van der Waals surface area (Å²) >= 11 is 0. The molecule has 0 aliphatic rings. The second-order valence-electron chi connectivity index (χ2n) is 5.58. The summed E-state index contributed by atoms with van der Waals surface area (Å²) in [6.07, 6.45) is 1.61. The van der Waals surface area contributed by atoms with E-state index in [1.54, 1.807) is 18.2 Å². The first kappa shape index (κ1) is 18.4. The maximum Gasteiger partial charge on any atom is 0.270 e. The molecular formula is C19H15F3N4O. The summed E-state index contributed by atoms with van der Waals surface area (Å²) in [6.45, 7) is 0.203. The molecule has 0 saturated carbocycles. The third-order valence-electron chi connectivity index (χ3n) is 3.73. The Balaban J connectivity index is 1.64. The quantitative estimate of drug-likeness (QED) is 0.694. The van der Waals surface area contributed by atoms with Gasteiger partial charge < -0.3 is 10.6 Å². The predicted molar refractivity (Wildman–Crippen MR) is 94.1 cm³/mol. The van der Waals surface area contributed by atoms with Crippen molar-refractivity contribution in [1.29, 1.82) is 0 Å². The second-order valence-corrected chi connectivity index (χ2v) is 5.58. The first-order chi connectivity index (χ1) is 13.0. The van der Waals surface area contributed by atoms with Crippen LogP contribution >= 0.6 is 0 Å². The summed E-state index contributed by atoms with van der Waals surface area (Å²) < 4.78 is 40.9. The standard InChI is InChI=1S/C19H15F3N4O/c20-13-5-2-1-4-12(13)8-10-23-18(27)16-9-11-24-19(25-16)26-17-14(21)6-3-7-15(17)22/h1-7,9,11H,8,10H2,(H,23,27)(H,24,25,26). The molecule has 3 aromatic rings. The number of halogens is 3. The van der Waals surface area contributed by atoms with Crippen molar-refractivity contribution in [3.8, 4) is 0 Å². The number of amides is 1. The molecule has 0 spiro atoms. The lowest BCUT2D eigenvalue weighted by Gasteiger charge is -2.09. The van der Waals surface area contributed by atoms with Gasteiger partial charge in [0.1, 0.15) is 28.8 Å². The molecule has 8 heteroatoms. The van der Waals surface area contributed by atoms with Gasteiger partial charge in [-0.2, -0.15) is 0 Å². The second kappa shape index (κ2) is 8.31. The number of rotatable bonds is 6. The van der Waals surface area contributed by atoms with E-state index in [2.05, 4.69) is 20.6 Å². The molecule has 5 nitrogen and oxygen atoms in total. The van der Waals surface area contributed by atoms with Gasteiger partial charge >= 0.3 is 0 Å². The van der Waals surface area contributed by atoms with Crippen molar-refractivity contribution in [3.05, 3.63) is 83.4 Å². The molecule has 0 saturated heterocycles. The van der Waals surface area contributed by atoms with E-state index in [4.69, 9.17) is 0 Å². The van der Waals surface area contributed by atoms with Gasteiger partial charge in [0.05, 0.1) is 0 Å². The summed E-state index contributed by atoms with van der Waals surface area (Å²) in [5, 5.41) is 5.04. The number of carbonyl (C=O) groups excluding carboxylic acids is 1. The summed E-state index contributed by atoms with van der Waals surface area (Å²) in [7, 11) is 0. The summed E-state index contributed by atoms with van der Waals surface area (Å²) in [6, 6.07) is 11.1. The molecule has 2 aromatic carbocycles. The molecular weight excluding hydrogens is 357 g/mol. The molecule has 0 unspecified atom stereocenters. The van der Waals surface area contributed by atoms with Crippen molar-refractivity contribution in [1.82, 2.24) is 15.3 Å². The van der Waals surface area contributed by atoms with Gasteiger partial charge in [-0.3, -0.25) is 4.79 Å². The van der Waals surface area contributed by atoms with E-state index in [0.29, 0.717) is 12.0 Å². The van der Waals surface area contributed by atoms with Crippen molar-refractivity contribution in [2.45, 2.75) is 6.42 Å². The zero-order valence-corrected chi connectivity index (χ0v) is 14.0. The van der Waals surface area contributed by atoms with Crippen LogP contribution in [0.1, 0.15) is 16.1 Å². The monoisotopic (exact) mass is 372 g/mol. The zero-order chi connectivity index (χ0) is 19.2. The maximum atomic E-state index is 13.7. The first-order valence-electron chi connectivity index (χ1n) is 8.10. The minimum atomic E-state index is -0.807. The number of benzene rings is 2. The first-order valence-corrected chi connectivity index (χ1v) is 8.10. The Labute approximate surface area is 153 Å². The van der Waals surface area contributed by atoms with Gasteiger partial charge in [-0.25, -0.2) is 23.1 Å². The number of nitrogens with one attached hydrogen (secondary N) is 2. The van der Waals surface area contributed by atoms with Crippen molar-refractivity contribution < 1.29 is 18.0 Å². The van der Waals surface area contributed by atoms with E-state index in [9.17, 15) is 18.0 Å². The molecule has 27 heavy (non-hydrogen) atoms. The van der Waals surface area contributed by atoms with Crippen LogP contribution in [0.15, 0.2) is 54.7 Å². The van der Waals surface area contributed by atoms with E-state index >= 15 is 0 Å². The lowest BCUT2D eigenvalue weighted by molar-refractivity contribution is 0.0949. The number of anilines is 2. The fourth-order valence-electron chi connectivity index (χ4n) is 2.38. The highest BCUT2D eigenvalue weighted by molar-refractivity contribution is 5.92. The van der Waals surface area contributed by atoms with Crippen LogP contribution < -0.4 is 10.6 Å². The molecule has 0 bridgehead atoms. The van der Waals surface area contributed by atoms with Gasteiger partial charge in [0.2, 0.25) is 5.95 Å². The van der Waals surface area contributed by atoms with Crippen LogP contribution in [0.3, 0.4) is 0 Å². The molecule has 1 amide bonds. The van der Waals surface area contributed by atoms with Gasteiger partial charge in [-0.15, -0.1) is 0 Å². The average Bonchev–Trinajstić information content (AvgIpc) is 2.66. The van der Waals surface area contributed by atoms with Crippen LogP contribution in [0.4, 0.5) is 24.8 Å². The Bertz CT molecular complexity index is 945. The molecule has 0 fully saturated rings. The van der Waals surface area contributed by atoms with Crippen LogP contribution in [0, 0.1) is 17.5 Å². The fourth-order valence-corrected chi connectivity index (χ4v) is 2.38. The van der Waals surface area contributed by atoms with Gasteiger partial charge in [0, 0.05) is 12.7 Å². The summed E-state index contributed by atoms with van der Waals surface area (Å²) in [5.74, 6) is -2.59. The van der Waals surface area contributed by atoms with Crippen LogP contribution in [-0.2, 0) is 6.42 Å². The van der Waals surface area contributed by atoms with E-state index in [-0.39, 0.29) is 24.0 Å². The lowest BCUT2D eigenvalue weighted by Crippen LogP contribution is -2.27. The lowest BCUT2D eigenvalue weighted by atomic mass is 10.1. The maximum absolute atomic E-state index is 13.7. The molecule has 0 radical (unpaired) electrons. The molecule has 1 heterocycles. The molecule has 0 atom stereocenters. The fraction of sp³-hybridized carbons (Fsp3) is 0.105. The highest BCUT2D eigenvalue weighted by atomic mass is 19.1. The summed E-state index contributed by atoms with van der Waals surface area (Å²) in [5.41, 5.74) is 0.0882. The Morgan fingerprint density at radius 3 is 2.37 bits per heavy atom. The number of aromatic nitrogens is 2. The van der Waals surface area contributed by atoms with Gasteiger partial charge in [0.15, 0.2) is 0 Å². The van der Waals surface area contributed by atoms with Gasteiger partial charge in [-0.1, -0.05) is 24.3 Å². The Morgan fingerprint density at radius 2 is 1.63 bits per heavy atom. The third kappa shape index (κ3) is 4.60. The number of carbonyl (C=O) groups is 1. The van der Waals surface area contributed by atoms with Crippen molar-refractivity contribution in [2.75, 3.05) is 11.9 Å². The highest BCUT2D eigenvalue weighted by Crippen LogP contribution is 2.21. The SMILES string of the molecule is O=C(NCCc1ccccc1F)c1ccnc(Nc2c(F)cccc2F)n1. The van der Waals surface area contributed by atoms with Crippen molar-refractivity contribution in [3.63, 3.8) is 0 Å². The predicted octanol–water partition coefficient (Wildman–Crippen LogP) is 3.61. The normalized spacial score (nSPS) is 10.5.